The van der Waals surface area contributed by atoms with Gasteiger partial charge < -0.3 is 21.7 Å². The van der Waals surface area contributed by atoms with Gasteiger partial charge in [-0.25, -0.2) is 0 Å². The highest BCUT2D eigenvalue weighted by Gasteiger charge is 2.31. The van der Waals surface area contributed by atoms with Crippen LogP contribution in [-0.4, -0.2) is 67.0 Å². The number of unbranched alkanes of at least 4 members (excludes halogenated alkanes) is 2. The number of nitrogens with zero attached hydrogens (tertiary/aromatic N) is 2. The van der Waals surface area contributed by atoms with E-state index in [1.54, 1.807) is 0 Å². The Morgan fingerprint density at radius 2 is 2.00 bits per heavy atom. The molecule has 0 bridgehead atoms. The lowest BCUT2D eigenvalue weighted by Crippen LogP contribution is -2.57. The molecule has 134 valence electrons. The van der Waals surface area contributed by atoms with Gasteiger partial charge in [0.2, 0.25) is 5.91 Å². The van der Waals surface area contributed by atoms with Crippen LogP contribution in [0.25, 0.3) is 0 Å². The summed E-state index contributed by atoms with van der Waals surface area (Å²) in [5, 5.41) is 10.00. The van der Waals surface area contributed by atoms with Crippen LogP contribution in [0.1, 0.15) is 45.4 Å². The third kappa shape index (κ3) is 7.18. The maximum Gasteiger partial charge on any atom is 0.222 e. The number of piperazine rings is 1. The molecule has 23 heavy (non-hydrogen) atoms. The van der Waals surface area contributed by atoms with E-state index in [0.717, 1.165) is 45.2 Å². The molecule has 0 radical (unpaired) electrons. The highest BCUT2D eigenvalue weighted by atomic mass is 16.2. The number of rotatable bonds is 9. The third-order valence-corrected chi connectivity index (χ3v) is 4.56. The van der Waals surface area contributed by atoms with Crippen LogP contribution in [-0.2, 0) is 4.79 Å². The van der Waals surface area contributed by atoms with E-state index in [-0.39, 0.29) is 17.9 Å². The van der Waals surface area contributed by atoms with Crippen molar-refractivity contribution in [1.29, 1.82) is 5.41 Å². The third-order valence-electron chi connectivity index (χ3n) is 4.56. The minimum absolute atomic E-state index is 0.0184. The van der Waals surface area contributed by atoms with Crippen LogP contribution in [0.2, 0.25) is 0 Å². The van der Waals surface area contributed by atoms with Gasteiger partial charge in [-0.1, -0.05) is 6.42 Å². The molecule has 0 aromatic rings. The molecule has 1 heterocycles. The van der Waals surface area contributed by atoms with Gasteiger partial charge in [0.25, 0.3) is 0 Å². The van der Waals surface area contributed by atoms with Crippen molar-refractivity contribution in [2.75, 3.05) is 33.2 Å². The lowest BCUT2D eigenvalue weighted by molar-refractivity contribution is -0.137. The minimum Gasteiger partial charge on any atom is -0.370 e. The zero-order valence-corrected chi connectivity index (χ0v) is 14.7. The molecule has 0 aromatic carbocycles. The summed E-state index contributed by atoms with van der Waals surface area (Å²) in [5.41, 5.74) is 10.8. The van der Waals surface area contributed by atoms with Crippen molar-refractivity contribution in [2.45, 2.75) is 57.5 Å². The number of hydrogen-bond donors (Lipinski definition) is 4. The highest BCUT2D eigenvalue weighted by Crippen LogP contribution is 2.19. The maximum absolute atomic E-state index is 12.5. The lowest BCUT2D eigenvalue weighted by Gasteiger charge is -2.44. The molecule has 7 nitrogen and oxygen atoms in total. The van der Waals surface area contributed by atoms with E-state index in [9.17, 15) is 4.79 Å². The Labute approximate surface area is 140 Å². The molecule has 1 saturated heterocycles. The standard InChI is InChI=1S/C16H34N6O/c1-13-11-21(2)14(7-6-10-20-16(18)19)12-22(13)15(23)8-4-3-5-9-17/h13-14H,3-12,17H2,1-2H3,(H4,18,19,20)/t13-,14-/m0/s1. The van der Waals surface area contributed by atoms with Gasteiger partial charge >= 0.3 is 0 Å². The Balaban J connectivity index is 2.40. The number of carbonyl (C=O) groups is 1. The van der Waals surface area contributed by atoms with Crippen LogP contribution in [0.5, 0.6) is 0 Å². The number of amides is 1. The topological polar surface area (TPSA) is 111 Å². The largest absolute Gasteiger partial charge is 0.370 e. The summed E-state index contributed by atoms with van der Waals surface area (Å²) in [6.45, 7) is 5.26. The molecule has 1 fully saturated rings. The van der Waals surface area contributed by atoms with Crippen LogP contribution in [0.3, 0.4) is 0 Å². The first-order chi connectivity index (χ1) is 11.0. The van der Waals surface area contributed by atoms with Crippen LogP contribution in [0.15, 0.2) is 0 Å². The molecular weight excluding hydrogens is 292 g/mol. The molecule has 1 rings (SSSR count). The monoisotopic (exact) mass is 326 g/mol. The second-order valence-corrected chi connectivity index (χ2v) is 6.57. The van der Waals surface area contributed by atoms with E-state index in [4.69, 9.17) is 16.9 Å². The van der Waals surface area contributed by atoms with Gasteiger partial charge in [-0.2, -0.15) is 0 Å². The number of likely N-dealkylation sites (N-methyl/N-ethyl adjacent to an activating group) is 1. The first-order valence-electron chi connectivity index (χ1n) is 8.73. The van der Waals surface area contributed by atoms with Gasteiger partial charge in [0.1, 0.15) is 0 Å². The first kappa shape index (κ1) is 19.7. The fourth-order valence-electron chi connectivity index (χ4n) is 3.17. The minimum atomic E-state index is 0.0184. The average Bonchev–Trinajstić information content (AvgIpc) is 2.49. The van der Waals surface area contributed by atoms with E-state index in [2.05, 4.69) is 24.2 Å². The van der Waals surface area contributed by atoms with E-state index in [0.29, 0.717) is 25.6 Å². The van der Waals surface area contributed by atoms with Crippen molar-refractivity contribution < 1.29 is 4.79 Å². The molecule has 6 N–H and O–H groups in total. The molecule has 0 aromatic heterocycles. The van der Waals surface area contributed by atoms with Crippen molar-refractivity contribution in [3.8, 4) is 0 Å². The molecule has 0 saturated carbocycles. The number of guanidine groups is 1. The van der Waals surface area contributed by atoms with Crippen molar-refractivity contribution in [3.05, 3.63) is 0 Å². The zero-order chi connectivity index (χ0) is 17.2. The van der Waals surface area contributed by atoms with E-state index < -0.39 is 0 Å². The van der Waals surface area contributed by atoms with Gasteiger partial charge in [-0.05, 0) is 46.2 Å². The maximum atomic E-state index is 12.5. The zero-order valence-electron chi connectivity index (χ0n) is 14.7. The molecule has 0 unspecified atom stereocenters. The van der Waals surface area contributed by atoms with Crippen molar-refractivity contribution in [2.24, 2.45) is 11.5 Å². The summed E-state index contributed by atoms with van der Waals surface area (Å²) < 4.78 is 0. The molecule has 1 aliphatic heterocycles. The van der Waals surface area contributed by atoms with Gasteiger partial charge in [-0.15, -0.1) is 0 Å². The Morgan fingerprint density at radius 3 is 2.65 bits per heavy atom. The lowest BCUT2D eigenvalue weighted by atomic mass is 10.0. The number of nitrogens with one attached hydrogen (secondary N) is 2. The van der Waals surface area contributed by atoms with Crippen molar-refractivity contribution >= 4 is 11.9 Å². The SMILES string of the molecule is C[C@H]1CN(C)[C@@H](CCCNC(=N)N)CN1C(=O)CCCCCN. The Kier molecular flexibility index (Phi) is 8.94. The predicted octanol–water partition coefficient (Wildman–Crippen LogP) is 0.300. The average molecular weight is 326 g/mol. The normalized spacial score (nSPS) is 22.1. The van der Waals surface area contributed by atoms with Gasteiger partial charge in [0.05, 0.1) is 0 Å². The van der Waals surface area contributed by atoms with Crippen LogP contribution < -0.4 is 16.8 Å². The van der Waals surface area contributed by atoms with Crippen LogP contribution in [0.4, 0.5) is 0 Å². The summed E-state index contributed by atoms with van der Waals surface area (Å²) in [4.78, 5) is 16.9. The molecule has 1 amide bonds. The molecular formula is C16H34N6O. The van der Waals surface area contributed by atoms with E-state index >= 15 is 0 Å². The van der Waals surface area contributed by atoms with Crippen LogP contribution in [0, 0.1) is 5.41 Å². The molecule has 0 spiro atoms. The second kappa shape index (κ2) is 10.4. The molecule has 0 aliphatic carbocycles. The quantitative estimate of drug-likeness (QED) is 0.277. The summed E-state index contributed by atoms with van der Waals surface area (Å²) in [6, 6.07) is 0.654. The first-order valence-corrected chi connectivity index (χ1v) is 8.73. The summed E-state index contributed by atoms with van der Waals surface area (Å²) in [5.74, 6) is 0.291. The second-order valence-electron chi connectivity index (χ2n) is 6.57. The number of hydrogen-bond acceptors (Lipinski definition) is 4. The van der Waals surface area contributed by atoms with Crippen molar-refractivity contribution in [1.82, 2.24) is 15.1 Å². The summed E-state index contributed by atoms with van der Waals surface area (Å²) in [7, 11) is 2.13. The van der Waals surface area contributed by atoms with E-state index in [1.807, 2.05) is 4.90 Å². The predicted molar refractivity (Wildman–Crippen MR) is 94.3 cm³/mol. The van der Waals surface area contributed by atoms with Crippen molar-refractivity contribution in [3.63, 3.8) is 0 Å². The highest BCUT2D eigenvalue weighted by molar-refractivity contribution is 5.76. The van der Waals surface area contributed by atoms with Gasteiger partial charge in [0.15, 0.2) is 5.96 Å². The molecule has 1 aliphatic rings. The van der Waals surface area contributed by atoms with Gasteiger partial charge in [-0.3, -0.25) is 15.1 Å². The smallest absolute Gasteiger partial charge is 0.222 e. The van der Waals surface area contributed by atoms with Crippen LogP contribution >= 0.6 is 0 Å². The fraction of sp³-hybridized carbons (Fsp3) is 0.875. The Morgan fingerprint density at radius 1 is 1.26 bits per heavy atom. The number of nitrogens with two attached hydrogens (primary N) is 2. The number of carbonyl (C=O) groups excluding carboxylic acids is 1. The Bertz CT molecular complexity index is 376. The molecule has 7 heteroatoms. The molecule has 2 atom stereocenters. The van der Waals surface area contributed by atoms with Gasteiger partial charge in [0, 0.05) is 38.1 Å². The fourth-order valence-corrected chi connectivity index (χ4v) is 3.17. The van der Waals surface area contributed by atoms with E-state index in [1.165, 1.54) is 0 Å². The Hall–Kier alpha value is -1.34. The summed E-state index contributed by atoms with van der Waals surface area (Å²) >= 11 is 0. The summed E-state index contributed by atoms with van der Waals surface area (Å²) in [6.07, 6.45) is 5.54.